The molecule has 0 saturated heterocycles. The second kappa shape index (κ2) is 11.9. The SMILES string of the molecule is CN(C(=O)c1cc(C(F)(F)F)cc(C(F)(F)F)c1)C(C=CC(=O)NCc1ccccn1)Cc1c[nH]c2ccccc12. The highest BCUT2D eigenvalue weighted by molar-refractivity contribution is 5.95. The minimum Gasteiger partial charge on any atom is -0.361 e. The van der Waals surface area contributed by atoms with Gasteiger partial charge in [0.15, 0.2) is 0 Å². The zero-order valence-electron chi connectivity index (χ0n) is 21.6. The predicted octanol–water partition coefficient (Wildman–Crippen LogP) is 6.16. The van der Waals surface area contributed by atoms with Gasteiger partial charge in [0, 0.05) is 42.0 Å². The van der Waals surface area contributed by atoms with E-state index >= 15 is 0 Å². The summed E-state index contributed by atoms with van der Waals surface area (Å²) in [5.41, 5.74) is -1.86. The second-order valence-corrected chi connectivity index (χ2v) is 9.24. The highest BCUT2D eigenvalue weighted by atomic mass is 19.4. The number of fused-ring (bicyclic) bond motifs is 1. The number of carbonyl (C=O) groups is 2. The summed E-state index contributed by atoms with van der Waals surface area (Å²) in [6.07, 6.45) is -4.30. The first-order valence-corrected chi connectivity index (χ1v) is 12.3. The van der Waals surface area contributed by atoms with E-state index < -0.39 is 46.9 Å². The van der Waals surface area contributed by atoms with Gasteiger partial charge in [0.2, 0.25) is 5.91 Å². The van der Waals surface area contributed by atoms with Gasteiger partial charge in [0.05, 0.1) is 29.4 Å². The van der Waals surface area contributed by atoms with E-state index in [1.807, 2.05) is 18.2 Å². The van der Waals surface area contributed by atoms with Gasteiger partial charge in [-0.3, -0.25) is 14.6 Å². The van der Waals surface area contributed by atoms with Gasteiger partial charge in [0.25, 0.3) is 5.91 Å². The molecule has 0 bridgehead atoms. The van der Waals surface area contributed by atoms with Crippen molar-refractivity contribution in [1.29, 1.82) is 0 Å². The molecule has 41 heavy (non-hydrogen) atoms. The molecule has 12 heteroatoms. The van der Waals surface area contributed by atoms with Crippen molar-refractivity contribution in [2.45, 2.75) is 31.4 Å². The first-order valence-electron chi connectivity index (χ1n) is 12.3. The van der Waals surface area contributed by atoms with Crippen LogP contribution >= 0.6 is 0 Å². The second-order valence-electron chi connectivity index (χ2n) is 9.24. The van der Waals surface area contributed by atoms with Crippen molar-refractivity contribution in [2.24, 2.45) is 0 Å². The number of aromatic amines is 1. The first kappa shape index (κ1) is 29.4. The fraction of sp³-hybridized carbons (Fsp3) is 0.207. The number of H-pyrrole nitrogens is 1. The van der Waals surface area contributed by atoms with Crippen LogP contribution < -0.4 is 5.32 Å². The minimum absolute atomic E-state index is 0.0357. The number of halogens is 6. The van der Waals surface area contributed by atoms with E-state index in [0.29, 0.717) is 17.8 Å². The zero-order valence-corrected chi connectivity index (χ0v) is 21.6. The third-order valence-corrected chi connectivity index (χ3v) is 6.40. The number of pyridine rings is 1. The van der Waals surface area contributed by atoms with Gasteiger partial charge in [-0.05, 0) is 48.4 Å². The molecule has 0 saturated carbocycles. The maximum atomic E-state index is 13.4. The van der Waals surface area contributed by atoms with Gasteiger partial charge in [-0.25, -0.2) is 0 Å². The Bertz CT molecular complexity index is 1530. The van der Waals surface area contributed by atoms with Crippen LogP contribution in [0.25, 0.3) is 10.9 Å². The van der Waals surface area contributed by atoms with Crippen LogP contribution in [0.4, 0.5) is 26.3 Å². The van der Waals surface area contributed by atoms with Crippen LogP contribution in [-0.4, -0.2) is 39.8 Å². The molecule has 1 atom stereocenters. The number of amides is 2. The lowest BCUT2D eigenvalue weighted by Crippen LogP contribution is -2.38. The predicted molar refractivity (Wildman–Crippen MR) is 140 cm³/mol. The average molecular weight is 575 g/mol. The average Bonchev–Trinajstić information content (AvgIpc) is 3.35. The third kappa shape index (κ3) is 7.33. The summed E-state index contributed by atoms with van der Waals surface area (Å²) >= 11 is 0. The van der Waals surface area contributed by atoms with E-state index in [4.69, 9.17) is 0 Å². The summed E-state index contributed by atoms with van der Waals surface area (Å²) < 4.78 is 80.5. The number of para-hydroxylation sites is 1. The molecular formula is C29H24F6N4O2. The van der Waals surface area contributed by atoms with Crippen molar-refractivity contribution in [3.63, 3.8) is 0 Å². The number of hydrogen-bond donors (Lipinski definition) is 2. The maximum absolute atomic E-state index is 13.4. The highest BCUT2D eigenvalue weighted by Crippen LogP contribution is 2.36. The van der Waals surface area contributed by atoms with Crippen molar-refractivity contribution in [2.75, 3.05) is 7.05 Å². The molecule has 1 unspecified atom stereocenters. The summed E-state index contributed by atoms with van der Waals surface area (Å²) in [5, 5.41) is 3.45. The van der Waals surface area contributed by atoms with Crippen molar-refractivity contribution in [3.8, 4) is 0 Å². The molecule has 2 aromatic carbocycles. The third-order valence-electron chi connectivity index (χ3n) is 6.40. The van der Waals surface area contributed by atoms with E-state index in [0.717, 1.165) is 21.4 Å². The number of nitrogens with zero attached hydrogens (tertiary/aromatic N) is 2. The lowest BCUT2D eigenvalue weighted by molar-refractivity contribution is -0.143. The maximum Gasteiger partial charge on any atom is 0.416 e. The van der Waals surface area contributed by atoms with Crippen LogP contribution in [0.15, 0.2) is 85.2 Å². The van der Waals surface area contributed by atoms with E-state index in [1.165, 1.54) is 19.2 Å². The minimum atomic E-state index is -5.11. The van der Waals surface area contributed by atoms with Crippen molar-refractivity contribution in [3.05, 3.63) is 113 Å². The normalized spacial score (nSPS) is 13.0. The number of benzene rings is 2. The Labute approximate surface area is 230 Å². The molecular weight excluding hydrogens is 550 g/mol. The summed E-state index contributed by atoms with van der Waals surface area (Å²) in [4.78, 5) is 34.1. The van der Waals surface area contributed by atoms with Gasteiger partial charge < -0.3 is 15.2 Å². The van der Waals surface area contributed by atoms with Crippen LogP contribution in [0.1, 0.15) is 32.7 Å². The molecule has 0 spiro atoms. The standard InChI is InChI=1S/C29H24F6N4O2/c1-39(27(41)18-12-20(28(30,31)32)15-21(13-18)29(33,34)35)23(14-19-16-37-25-8-3-2-7-24(19)25)9-10-26(40)38-17-22-6-4-5-11-36-22/h2-13,15-16,23,37H,14,17H2,1H3,(H,38,40). The van der Waals surface area contributed by atoms with E-state index in [-0.39, 0.29) is 19.0 Å². The fourth-order valence-corrected chi connectivity index (χ4v) is 4.23. The van der Waals surface area contributed by atoms with Gasteiger partial charge >= 0.3 is 12.4 Å². The molecule has 0 aliphatic carbocycles. The van der Waals surface area contributed by atoms with Gasteiger partial charge in [-0.2, -0.15) is 26.3 Å². The van der Waals surface area contributed by atoms with Crippen LogP contribution in [-0.2, 0) is 30.1 Å². The van der Waals surface area contributed by atoms with Gasteiger partial charge in [-0.1, -0.05) is 30.3 Å². The smallest absolute Gasteiger partial charge is 0.361 e. The first-order chi connectivity index (χ1) is 19.3. The number of aromatic nitrogens is 2. The summed E-state index contributed by atoms with van der Waals surface area (Å²) in [5.74, 6) is -1.61. The molecule has 4 rings (SSSR count). The molecule has 6 nitrogen and oxygen atoms in total. The molecule has 2 heterocycles. The highest BCUT2D eigenvalue weighted by Gasteiger charge is 2.38. The zero-order chi connectivity index (χ0) is 29.8. The monoisotopic (exact) mass is 574 g/mol. The van der Waals surface area contributed by atoms with Crippen molar-refractivity contribution in [1.82, 2.24) is 20.2 Å². The lowest BCUT2D eigenvalue weighted by atomic mass is 10.0. The molecule has 2 aromatic heterocycles. The molecule has 4 aromatic rings. The molecule has 0 aliphatic heterocycles. The molecule has 2 amide bonds. The molecule has 0 radical (unpaired) electrons. The van der Waals surface area contributed by atoms with E-state index in [1.54, 1.807) is 36.7 Å². The molecule has 2 N–H and O–H groups in total. The van der Waals surface area contributed by atoms with Crippen LogP contribution in [0, 0.1) is 0 Å². The van der Waals surface area contributed by atoms with Crippen molar-refractivity contribution < 1.29 is 35.9 Å². The van der Waals surface area contributed by atoms with E-state index in [2.05, 4.69) is 15.3 Å². The Balaban J connectivity index is 1.64. The Hall–Kier alpha value is -4.61. The quantitative estimate of drug-likeness (QED) is 0.196. The molecule has 0 fully saturated rings. The Kier molecular flexibility index (Phi) is 8.50. The number of hydrogen-bond acceptors (Lipinski definition) is 3. The van der Waals surface area contributed by atoms with Crippen LogP contribution in [0.3, 0.4) is 0 Å². The lowest BCUT2D eigenvalue weighted by Gasteiger charge is -2.27. The number of alkyl halides is 6. The van der Waals surface area contributed by atoms with Gasteiger partial charge in [-0.15, -0.1) is 0 Å². The van der Waals surface area contributed by atoms with Crippen LogP contribution in [0.2, 0.25) is 0 Å². The largest absolute Gasteiger partial charge is 0.416 e. The fourth-order valence-electron chi connectivity index (χ4n) is 4.23. The van der Waals surface area contributed by atoms with E-state index in [9.17, 15) is 35.9 Å². The topological polar surface area (TPSA) is 78.1 Å². The summed E-state index contributed by atoms with van der Waals surface area (Å²) in [6.45, 7) is 0.121. The molecule has 214 valence electrons. The summed E-state index contributed by atoms with van der Waals surface area (Å²) in [6, 6.07) is 12.3. The van der Waals surface area contributed by atoms with Gasteiger partial charge in [0.1, 0.15) is 0 Å². The number of carbonyl (C=O) groups excluding carboxylic acids is 2. The summed E-state index contributed by atoms with van der Waals surface area (Å²) in [7, 11) is 1.26. The number of rotatable bonds is 8. The molecule has 0 aliphatic rings. The Morgan fingerprint density at radius 2 is 1.63 bits per heavy atom. The number of likely N-dealkylation sites (N-methyl/N-ethyl adjacent to an activating group) is 1. The Morgan fingerprint density at radius 3 is 2.27 bits per heavy atom. The van der Waals surface area contributed by atoms with Crippen molar-refractivity contribution >= 4 is 22.7 Å². The van der Waals surface area contributed by atoms with Crippen LogP contribution in [0.5, 0.6) is 0 Å². The Morgan fingerprint density at radius 1 is 0.976 bits per heavy atom. The number of nitrogens with one attached hydrogen (secondary N) is 2.